The number of hydrogen-bond acceptors (Lipinski definition) is 2. The maximum Gasteiger partial charge on any atom is 0.217 e. The molecule has 1 rings (SSSR count). The first-order valence-corrected chi connectivity index (χ1v) is 5.10. The van der Waals surface area contributed by atoms with Crippen molar-refractivity contribution in [3.63, 3.8) is 0 Å². The molecule has 0 aromatic heterocycles. The van der Waals surface area contributed by atoms with Crippen molar-refractivity contribution in [2.45, 2.75) is 22.7 Å². The molecule has 72 valence electrons. The molecule has 1 saturated heterocycles. The third kappa shape index (κ3) is 3.27. The number of halogens is 3. The van der Waals surface area contributed by atoms with E-state index < -0.39 is 9.90 Å². The third-order valence-corrected chi connectivity index (χ3v) is 2.76. The minimum atomic E-state index is -1.55. The van der Waals surface area contributed by atoms with Crippen molar-refractivity contribution in [3.05, 3.63) is 0 Å². The Hall–Kier alpha value is 0.790. The fraction of sp³-hybridized carbons (Fsp3) is 1.00. The summed E-state index contributed by atoms with van der Waals surface area (Å²) in [5.41, 5.74) is 0. The molecule has 0 spiro atoms. The predicted molar refractivity (Wildman–Crippen MR) is 52.0 cm³/mol. The third-order valence-electron chi connectivity index (χ3n) is 2.01. The minimum Gasteiger partial charge on any atom is -0.387 e. The average molecular weight is 233 g/mol. The van der Waals surface area contributed by atoms with Gasteiger partial charge in [-0.2, -0.15) is 0 Å². The summed E-state index contributed by atoms with van der Waals surface area (Å²) in [6.45, 7) is 2.45. The second-order valence-corrected chi connectivity index (χ2v) is 5.43. The summed E-state index contributed by atoms with van der Waals surface area (Å²) in [7, 11) is 0. The summed E-state index contributed by atoms with van der Waals surface area (Å²) in [5, 5.41) is 9.41. The quantitative estimate of drug-likeness (QED) is 0.734. The van der Waals surface area contributed by atoms with Crippen LogP contribution in [0.15, 0.2) is 0 Å². The standard InChI is InChI=1S/C7H12Cl3NO/c8-7(9,10)6(12)5-11-3-1-2-4-11/h6,12H,1-5H2. The van der Waals surface area contributed by atoms with Gasteiger partial charge in [-0.3, -0.25) is 0 Å². The van der Waals surface area contributed by atoms with Crippen molar-refractivity contribution in [2.24, 2.45) is 0 Å². The molecule has 0 saturated carbocycles. The summed E-state index contributed by atoms with van der Waals surface area (Å²) in [6, 6.07) is 0. The fourth-order valence-corrected chi connectivity index (χ4v) is 1.52. The summed E-state index contributed by atoms with van der Waals surface area (Å²) < 4.78 is -1.55. The van der Waals surface area contributed by atoms with Gasteiger partial charge in [-0.1, -0.05) is 34.8 Å². The van der Waals surface area contributed by atoms with Crippen LogP contribution in [0.3, 0.4) is 0 Å². The molecule has 1 aliphatic heterocycles. The van der Waals surface area contributed by atoms with Gasteiger partial charge in [-0.15, -0.1) is 0 Å². The van der Waals surface area contributed by atoms with Gasteiger partial charge in [0.25, 0.3) is 0 Å². The molecule has 1 unspecified atom stereocenters. The van der Waals surface area contributed by atoms with E-state index in [1.54, 1.807) is 0 Å². The van der Waals surface area contributed by atoms with Gasteiger partial charge in [0.05, 0.1) is 0 Å². The molecule has 1 atom stereocenters. The zero-order chi connectivity index (χ0) is 9.19. The van der Waals surface area contributed by atoms with E-state index in [1.165, 1.54) is 12.8 Å². The highest BCUT2D eigenvalue weighted by Gasteiger charge is 2.32. The summed E-state index contributed by atoms with van der Waals surface area (Å²) in [6.07, 6.45) is 1.46. The molecule has 5 heteroatoms. The van der Waals surface area contributed by atoms with Gasteiger partial charge in [0, 0.05) is 6.54 Å². The van der Waals surface area contributed by atoms with E-state index in [0.717, 1.165) is 13.1 Å². The number of nitrogens with zero attached hydrogens (tertiary/aromatic N) is 1. The Morgan fingerprint density at radius 3 is 2.17 bits per heavy atom. The summed E-state index contributed by atoms with van der Waals surface area (Å²) >= 11 is 16.5. The van der Waals surface area contributed by atoms with Crippen molar-refractivity contribution in [2.75, 3.05) is 19.6 Å². The number of β-amino-alcohol motifs (C(OH)–C–C–N with tert-alkyl or cyclic N) is 1. The Kier molecular flexibility index (Phi) is 3.93. The Morgan fingerprint density at radius 1 is 1.25 bits per heavy atom. The van der Waals surface area contributed by atoms with E-state index in [2.05, 4.69) is 4.90 Å². The van der Waals surface area contributed by atoms with Crippen molar-refractivity contribution in [3.8, 4) is 0 Å². The molecular weight excluding hydrogens is 220 g/mol. The Bertz CT molecular complexity index is 142. The molecule has 0 radical (unpaired) electrons. The van der Waals surface area contributed by atoms with Crippen molar-refractivity contribution >= 4 is 34.8 Å². The van der Waals surface area contributed by atoms with Crippen molar-refractivity contribution in [1.82, 2.24) is 4.90 Å². The zero-order valence-corrected chi connectivity index (χ0v) is 8.91. The molecule has 1 heterocycles. The molecule has 2 nitrogen and oxygen atoms in total. The van der Waals surface area contributed by atoms with Crippen LogP contribution in [0.1, 0.15) is 12.8 Å². The molecule has 0 aliphatic carbocycles. The van der Waals surface area contributed by atoms with Gasteiger partial charge < -0.3 is 10.0 Å². The molecule has 1 N–H and O–H groups in total. The summed E-state index contributed by atoms with van der Waals surface area (Å²) in [4.78, 5) is 2.10. The molecule has 12 heavy (non-hydrogen) atoms. The van der Waals surface area contributed by atoms with Gasteiger partial charge in [0.15, 0.2) is 0 Å². The maximum absolute atomic E-state index is 9.41. The predicted octanol–water partition coefficient (Wildman–Crippen LogP) is 1.81. The van der Waals surface area contributed by atoms with E-state index in [1.807, 2.05) is 0 Å². The van der Waals surface area contributed by atoms with E-state index in [0.29, 0.717) is 6.54 Å². The van der Waals surface area contributed by atoms with Gasteiger partial charge in [-0.05, 0) is 25.9 Å². The number of rotatable bonds is 2. The molecule has 0 bridgehead atoms. The van der Waals surface area contributed by atoms with Gasteiger partial charge in [0.1, 0.15) is 6.10 Å². The van der Waals surface area contributed by atoms with Crippen LogP contribution in [-0.4, -0.2) is 39.5 Å². The number of aliphatic hydroxyl groups is 1. The lowest BCUT2D eigenvalue weighted by molar-refractivity contribution is 0.128. The van der Waals surface area contributed by atoms with Crippen LogP contribution in [0.5, 0.6) is 0 Å². The Morgan fingerprint density at radius 2 is 1.75 bits per heavy atom. The van der Waals surface area contributed by atoms with Gasteiger partial charge >= 0.3 is 0 Å². The van der Waals surface area contributed by atoms with E-state index in [4.69, 9.17) is 34.8 Å². The van der Waals surface area contributed by atoms with E-state index in [-0.39, 0.29) is 0 Å². The summed E-state index contributed by atoms with van der Waals surface area (Å²) in [5.74, 6) is 0. The van der Waals surface area contributed by atoms with E-state index >= 15 is 0 Å². The van der Waals surface area contributed by atoms with Crippen LogP contribution < -0.4 is 0 Å². The average Bonchev–Trinajstić information content (AvgIpc) is 2.37. The lowest BCUT2D eigenvalue weighted by Gasteiger charge is -2.24. The fourth-order valence-electron chi connectivity index (χ4n) is 1.31. The number of likely N-dealkylation sites (tertiary alicyclic amines) is 1. The van der Waals surface area contributed by atoms with Crippen LogP contribution >= 0.6 is 34.8 Å². The highest BCUT2D eigenvalue weighted by molar-refractivity contribution is 6.68. The second kappa shape index (κ2) is 4.34. The zero-order valence-electron chi connectivity index (χ0n) is 6.64. The van der Waals surface area contributed by atoms with Crippen LogP contribution in [0.2, 0.25) is 0 Å². The lowest BCUT2D eigenvalue weighted by atomic mass is 10.3. The van der Waals surface area contributed by atoms with Crippen LogP contribution in [-0.2, 0) is 0 Å². The molecule has 1 fully saturated rings. The molecule has 1 aliphatic rings. The first-order valence-electron chi connectivity index (χ1n) is 3.97. The highest BCUT2D eigenvalue weighted by Crippen LogP contribution is 2.30. The molecular formula is C7H12Cl3NO. The molecule has 0 aromatic rings. The van der Waals surface area contributed by atoms with Gasteiger partial charge in [0.2, 0.25) is 3.79 Å². The number of hydrogen-bond donors (Lipinski definition) is 1. The lowest BCUT2D eigenvalue weighted by Crippen LogP contribution is -2.38. The second-order valence-electron chi connectivity index (χ2n) is 3.07. The van der Waals surface area contributed by atoms with Crippen molar-refractivity contribution in [1.29, 1.82) is 0 Å². The van der Waals surface area contributed by atoms with Crippen LogP contribution in [0.4, 0.5) is 0 Å². The maximum atomic E-state index is 9.41. The topological polar surface area (TPSA) is 23.5 Å². The largest absolute Gasteiger partial charge is 0.387 e. The SMILES string of the molecule is OC(CN1CCCC1)C(Cl)(Cl)Cl. The Balaban J connectivity index is 2.30. The number of alkyl halides is 3. The van der Waals surface area contributed by atoms with Crippen LogP contribution in [0.25, 0.3) is 0 Å². The minimum absolute atomic E-state index is 0.455. The smallest absolute Gasteiger partial charge is 0.217 e. The van der Waals surface area contributed by atoms with Crippen molar-refractivity contribution < 1.29 is 5.11 Å². The molecule has 0 aromatic carbocycles. The normalized spacial score (nSPS) is 23.0. The highest BCUT2D eigenvalue weighted by atomic mass is 35.6. The van der Waals surface area contributed by atoms with Gasteiger partial charge in [-0.25, -0.2) is 0 Å². The number of aliphatic hydroxyl groups excluding tert-OH is 1. The van der Waals surface area contributed by atoms with E-state index in [9.17, 15) is 5.11 Å². The monoisotopic (exact) mass is 231 g/mol. The first kappa shape index (κ1) is 10.9. The first-order chi connectivity index (χ1) is 5.50. The molecule has 0 amide bonds. The Labute approximate surface area is 87.4 Å². The van der Waals surface area contributed by atoms with Crippen LogP contribution in [0, 0.1) is 0 Å².